The highest BCUT2D eigenvalue weighted by Crippen LogP contribution is 2.08. The van der Waals surface area contributed by atoms with Gasteiger partial charge in [-0.3, -0.25) is 9.00 Å². The summed E-state index contributed by atoms with van der Waals surface area (Å²) in [5, 5.41) is 2.70. The number of carbonyl (C=O) groups is 1. The molecule has 0 heterocycles. The van der Waals surface area contributed by atoms with Gasteiger partial charge in [-0.05, 0) is 26.0 Å². The summed E-state index contributed by atoms with van der Waals surface area (Å²) in [4.78, 5) is 11.5. The van der Waals surface area contributed by atoms with Crippen LogP contribution in [0.3, 0.4) is 0 Å². The summed E-state index contributed by atoms with van der Waals surface area (Å²) in [6.45, 7) is 3.75. The van der Waals surface area contributed by atoms with Gasteiger partial charge in [0, 0.05) is 28.3 Å². The van der Waals surface area contributed by atoms with Gasteiger partial charge in [0.05, 0.1) is 0 Å². The maximum absolute atomic E-state index is 11.5. The molecule has 0 saturated carbocycles. The second kappa shape index (κ2) is 6.51. The van der Waals surface area contributed by atoms with E-state index in [1.165, 1.54) is 0 Å². The third-order valence-corrected chi connectivity index (χ3v) is 3.56. The van der Waals surface area contributed by atoms with Crippen LogP contribution in [0.1, 0.15) is 12.5 Å². The minimum absolute atomic E-state index is 0.00455. The third-order valence-electron chi connectivity index (χ3n) is 2.08. The second-order valence-electron chi connectivity index (χ2n) is 4.14. The van der Waals surface area contributed by atoms with Crippen LogP contribution in [0, 0.1) is 6.92 Å². The SMILES string of the molecule is Cc1ccc(NC(=O)CS(=O)CC(C)N)cc1. The Kier molecular flexibility index (Phi) is 5.31. The molecule has 0 aliphatic heterocycles. The topological polar surface area (TPSA) is 72.2 Å². The molecule has 0 spiro atoms. The zero-order valence-corrected chi connectivity index (χ0v) is 10.9. The van der Waals surface area contributed by atoms with Crippen LogP contribution in [0.25, 0.3) is 0 Å². The van der Waals surface area contributed by atoms with E-state index in [1.807, 2.05) is 31.2 Å². The molecule has 0 aliphatic carbocycles. The molecule has 1 amide bonds. The number of carbonyl (C=O) groups excluding carboxylic acids is 1. The molecule has 0 saturated heterocycles. The van der Waals surface area contributed by atoms with E-state index in [0.29, 0.717) is 5.75 Å². The fourth-order valence-electron chi connectivity index (χ4n) is 1.33. The maximum Gasteiger partial charge on any atom is 0.236 e. The Balaban J connectivity index is 2.44. The van der Waals surface area contributed by atoms with Crippen LogP contribution in [0.4, 0.5) is 5.69 Å². The normalized spacial score (nSPS) is 14.1. The second-order valence-corrected chi connectivity index (χ2v) is 5.64. The van der Waals surface area contributed by atoms with Gasteiger partial charge in [-0.15, -0.1) is 0 Å². The highest BCUT2D eigenvalue weighted by Gasteiger charge is 2.09. The molecule has 3 N–H and O–H groups in total. The van der Waals surface area contributed by atoms with E-state index in [4.69, 9.17) is 5.73 Å². The zero-order valence-electron chi connectivity index (χ0n) is 10.1. The molecule has 2 atom stereocenters. The first-order valence-corrected chi connectivity index (χ1v) is 6.93. The van der Waals surface area contributed by atoms with Crippen molar-refractivity contribution in [2.24, 2.45) is 5.73 Å². The summed E-state index contributed by atoms with van der Waals surface area (Å²) in [6, 6.07) is 7.31. The number of hydrogen-bond acceptors (Lipinski definition) is 3. The molecule has 0 fully saturated rings. The minimum atomic E-state index is -1.20. The van der Waals surface area contributed by atoms with Crippen LogP contribution in [0.15, 0.2) is 24.3 Å². The van der Waals surface area contributed by atoms with E-state index in [-0.39, 0.29) is 17.7 Å². The average molecular weight is 254 g/mol. The molecule has 4 nitrogen and oxygen atoms in total. The maximum atomic E-state index is 11.5. The largest absolute Gasteiger partial charge is 0.327 e. The molecule has 0 aromatic heterocycles. The quantitative estimate of drug-likeness (QED) is 0.824. The molecule has 1 aromatic carbocycles. The Labute approximate surface area is 104 Å². The van der Waals surface area contributed by atoms with Crippen molar-refractivity contribution in [1.29, 1.82) is 0 Å². The molecule has 94 valence electrons. The van der Waals surface area contributed by atoms with E-state index in [1.54, 1.807) is 6.92 Å². The fraction of sp³-hybridized carbons (Fsp3) is 0.417. The first kappa shape index (κ1) is 13.9. The lowest BCUT2D eigenvalue weighted by Crippen LogP contribution is -2.28. The molecular formula is C12H18N2O2S. The van der Waals surface area contributed by atoms with Crippen molar-refractivity contribution in [3.63, 3.8) is 0 Å². The third kappa shape index (κ3) is 5.60. The van der Waals surface area contributed by atoms with Gasteiger partial charge in [-0.1, -0.05) is 17.7 Å². The van der Waals surface area contributed by atoms with Crippen LogP contribution >= 0.6 is 0 Å². The number of rotatable bonds is 5. The lowest BCUT2D eigenvalue weighted by atomic mass is 10.2. The van der Waals surface area contributed by atoms with Gasteiger partial charge in [0.2, 0.25) is 5.91 Å². The molecule has 2 unspecified atom stereocenters. The Hall–Kier alpha value is -1.20. The number of benzene rings is 1. The zero-order chi connectivity index (χ0) is 12.8. The monoisotopic (exact) mass is 254 g/mol. The van der Waals surface area contributed by atoms with Crippen LogP contribution in [0.5, 0.6) is 0 Å². The molecule has 5 heteroatoms. The fourth-order valence-corrected chi connectivity index (χ4v) is 2.40. The highest BCUT2D eigenvalue weighted by molar-refractivity contribution is 7.85. The van der Waals surface area contributed by atoms with Gasteiger partial charge in [0.15, 0.2) is 0 Å². The first-order valence-electron chi connectivity index (χ1n) is 5.44. The molecule has 17 heavy (non-hydrogen) atoms. The van der Waals surface area contributed by atoms with Gasteiger partial charge < -0.3 is 11.1 Å². The molecule has 0 bridgehead atoms. The Bertz CT molecular complexity index is 401. The van der Waals surface area contributed by atoms with Crippen molar-refractivity contribution in [2.45, 2.75) is 19.9 Å². The first-order chi connectivity index (χ1) is 7.97. The van der Waals surface area contributed by atoms with Crippen molar-refractivity contribution in [3.05, 3.63) is 29.8 Å². The van der Waals surface area contributed by atoms with Crippen LogP contribution < -0.4 is 11.1 Å². The van der Waals surface area contributed by atoms with Crippen molar-refractivity contribution in [1.82, 2.24) is 0 Å². The van der Waals surface area contributed by atoms with Crippen LogP contribution in [0.2, 0.25) is 0 Å². The van der Waals surface area contributed by atoms with E-state index in [9.17, 15) is 9.00 Å². The van der Waals surface area contributed by atoms with Gasteiger partial charge in [0.1, 0.15) is 5.75 Å². The molecule has 1 rings (SSSR count). The molecule has 1 aromatic rings. The van der Waals surface area contributed by atoms with E-state index in [2.05, 4.69) is 5.32 Å². The summed E-state index contributed by atoms with van der Waals surface area (Å²) in [5.74, 6) is 0.101. The van der Waals surface area contributed by atoms with Crippen molar-refractivity contribution in [2.75, 3.05) is 16.8 Å². The van der Waals surface area contributed by atoms with Crippen LogP contribution in [-0.2, 0) is 15.6 Å². The van der Waals surface area contributed by atoms with Crippen molar-refractivity contribution < 1.29 is 9.00 Å². The lowest BCUT2D eigenvalue weighted by molar-refractivity contribution is -0.113. The Morgan fingerprint density at radius 1 is 1.41 bits per heavy atom. The van der Waals surface area contributed by atoms with Gasteiger partial charge in [0.25, 0.3) is 0 Å². The van der Waals surface area contributed by atoms with Crippen LogP contribution in [-0.4, -0.2) is 27.7 Å². The number of nitrogens with one attached hydrogen (secondary N) is 1. The summed E-state index contributed by atoms with van der Waals surface area (Å²) < 4.78 is 11.5. The number of nitrogens with two attached hydrogens (primary N) is 1. The van der Waals surface area contributed by atoms with Gasteiger partial charge in [-0.25, -0.2) is 0 Å². The van der Waals surface area contributed by atoms with E-state index in [0.717, 1.165) is 11.3 Å². The number of amides is 1. The lowest BCUT2D eigenvalue weighted by Gasteiger charge is -2.07. The summed E-state index contributed by atoms with van der Waals surface area (Å²) in [5.41, 5.74) is 7.36. The molecule has 0 radical (unpaired) electrons. The molecule has 0 aliphatic rings. The average Bonchev–Trinajstić information content (AvgIpc) is 2.19. The van der Waals surface area contributed by atoms with E-state index < -0.39 is 10.8 Å². The summed E-state index contributed by atoms with van der Waals surface area (Å²) in [6.07, 6.45) is 0. The standard InChI is InChI=1S/C12H18N2O2S/c1-9-3-5-11(6-4-9)14-12(15)8-17(16)7-10(2)13/h3-6,10H,7-8,13H2,1-2H3,(H,14,15). The van der Waals surface area contributed by atoms with Gasteiger partial charge >= 0.3 is 0 Å². The molecular weight excluding hydrogens is 236 g/mol. The van der Waals surface area contributed by atoms with Crippen molar-refractivity contribution >= 4 is 22.4 Å². The summed E-state index contributed by atoms with van der Waals surface area (Å²) >= 11 is 0. The minimum Gasteiger partial charge on any atom is -0.327 e. The smallest absolute Gasteiger partial charge is 0.236 e. The Morgan fingerprint density at radius 2 is 2.00 bits per heavy atom. The number of hydrogen-bond donors (Lipinski definition) is 2. The predicted molar refractivity (Wildman–Crippen MR) is 71.3 cm³/mol. The number of aryl methyl sites for hydroxylation is 1. The highest BCUT2D eigenvalue weighted by atomic mass is 32.2. The summed E-state index contributed by atoms with van der Waals surface area (Å²) in [7, 11) is -1.20. The van der Waals surface area contributed by atoms with Crippen molar-refractivity contribution in [3.8, 4) is 0 Å². The van der Waals surface area contributed by atoms with E-state index >= 15 is 0 Å². The Morgan fingerprint density at radius 3 is 2.53 bits per heavy atom. The predicted octanol–water partition coefficient (Wildman–Crippen LogP) is 1.03. The number of anilines is 1. The van der Waals surface area contributed by atoms with Gasteiger partial charge in [-0.2, -0.15) is 0 Å².